The van der Waals surface area contributed by atoms with Crippen molar-refractivity contribution < 1.29 is 22.9 Å². The maximum Gasteiger partial charge on any atom is 0.416 e. The summed E-state index contributed by atoms with van der Waals surface area (Å²) in [6, 6.07) is 5.71. The van der Waals surface area contributed by atoms with Gasteiger partial charge in [-0.2, -0.15) is 13.2 Å². The number of nitrogens with zero attached hydrogens (tertiary/aromatic N) is 1. The minimum absolute atomic E-state index is 0.0712. The second kappa shape index (κ2) is 7.23. The average Bonchev–Trinajstić information content (AvgIpc) is 3.40. The first-order chi connectivity index (χ1) is 11.8. The average molecular weight is 356 g/mol. The Morgan fingerprint density at radius 3 is 2.60 bits per heavy atom. The van der Waals surface area contributed by atoms with Crippen LogP contribution in [0.25, 0.3) is 0 Å². The number of hydrogen-bond acceptors (Lipinski definition) is 2. The van der Waals surface area contributed by atoms with Crippen LogP contribution >= 0.6 is 0 Å². The van der Waals surface area contributed by atoms with E-state index in [9.17, 15) is 18.0 Å². The van der Waals surface area contributed by atoms with E-state index in [0.717, 1.165) is 19.2 Å². The first-order valence-electron chi connectivity index (χ1n) is 8.88. The van der Waals surface area contributed by atoms with Crippen LogP contribution < -0.4 is 15.1 Å². The minimum atomic E-state index is -4.32. The predicted octanol–water partition coefficient (Wildman–Crippen LogP) is 1.33. The molecule has 1 amide bonds. The second-order valence-corrected chi connectivity index (χ2v) is 7.16. The van der Waals surface area contributed by atoms with E-state index in [1.54, 1.807) is 6.07 Å². The number of alkyl halides is 3. The van der Waals surface area contributed by atoms with E-state index < -0.39 is 11.7 Å². The van der Waals surface area contributed by atoms with Crippen LogP contribution in [-0.4, -0.2) is 44.7 Å². The highest BCUT2D eigenvalue weighted by Gasteiger charge is 2.32. The quantitative estimate of drug-likeness (QED) is 0.835. The molecule has 0 radical (unpaired) electrons. The molecule has 7 heteroatoms. The Bertz CT molecular complexity index is 608. The Morgan fingerprint density at radius 2 is 2.00 bits per heavy atom. The van der Waals surface area contributed by atoms with E-state index in [1.165, 1.54) is 29.9 Å². The molecule has 0 bridgehead atoms. The van der Waals surface area contributed by atoms with Crippen molar-refractivity contribution in [3.8, 4) is 0 Å². The summed E-state index contributed by atoms with van der Waals surface area (Å²) in [4.78, 5) is 15.2. The van der Waals surface area contributed by atoms with Crippen LogP contribution in [0.2, 0.25) is 0 Å². The van der Waals surface area contributed by atoms with Crippen LogP contribution in [0.5, 0.6) is 0 Å². The SMILES string of the molecule is C[C@H](NC(=O)C[NH+]1CCN(c2cccc(C(F)(F)F)c2)CC1)C1CC1. The van der Waals surface area contributed by atoms with Gasteiger partial charge >= 0.3 is 6.18 Å². The Labute approximate surface area is 146 Å². The van der Waals surface area contributed by atoms with Crippen LogP contribution in [0, 0.1) is 5.92 Å². The Balaban J connectivity index is 1.49. The number of hydrogen-bond donors (Lipinski definition) is 2. The van der Waals surface area contributed by atoms with Crippen molar-refractivity contribution in [3.05, 3.63) is 29.8 Å². The zero-order valence-corrected chi connectivity index (χ0v) is 14.4. The number of quaternary nitrogens is 1. The lowest BCUT2D eigenvalue weighted by molar-refractivity contribution is -0.892. The Kier molecular flexibility index (Phi) is 5.22. The number of carbonyl (C=O) groups excluding carboxylic acids is 1. The second-order valence-electron chi connectivity index (χ2n) is 7.16. The summed E-state index contributed by atoms with van der Waals surface area (Å²) in [7, 11) is 0. The van der Waals surface area contributed by atoms with Gasteiger partial charge in [-0.15, -0.1) is 0 Å². The Morgan fingerprint density at radius 1 is 1.32 bits per heavy atom. The highest BCUT2D eigenvalue weighted by Crippen LogP contribution is 2.32. The lowest BCUT2D eigenvalue weighted by Crippen LogP contribution is -3.16. The van der Waals surface area contributed by atoms with Gasteiger partial charge in [-0.25, -0.2) is 0 Å². The molecule has 1 atom stereocenters. The topological polar surface area (TPSA) is 36.8 Å². The first-order valence-corrected chi connectivity index (χ1v) is 8.88. The van der Waals surface area contributed by atoms with Gasteiger partial charge in [0.25, 0.3) is 5.91 Å². The molecule has 1 aromatic rings. The third kappa shape index (κ3) is 4.87. The number of rotatable bonds is 5. The van der Waals surface area contributed by atoms with Crippen molar-refractivity contribution in [2.45, 2.75) is 32.0 Å². The molecule has 138 valence electrons. The van der Waals surface area contributed by atoms with Crippen molar-refractivity contribution in [2.24, 2.45) is 5.92 Å². The van der Waals surface area contributed by atoms with Crippen molar-refractivity contribution in [2.75, 3.05) is 37.6 Å². The molecule has 1 aliphatic carbocycles. The largest absolute Gasteiger partial charge is 0.416 e. The molecule has 2 aliphatic rings. The van der Waals surface area contributed by atoms with Gasteiger partial charge in [0.15, 0.2) is 6.54 Å². The minimum Gasteiger partial charge on any atom is -0.360 e. The third-order valence-electron chi connectivity index (χ3n) is 5.14. The van der Waals surface area contributed by atoms with Crippen LogP contribution in [-0.2, 0) is 11.0 Å². The molecule has 1 aromatic carbocycles. The van der Waals surface area contributed by atoms with E-state index in [1.807, 2.05) is 4.90 Å². The van der Waals surface area contributed by atoms with Crippen LogP contribution in [0.1, 0.15) is 25.3 Å². The van der Waals surface area contributed by atoms with Crippen molar-refractivity contribution in [1.29, 1.82) is 0 Å². The third-order valence-corrected chi connectivity index (χ3v) is 5.14. The number of benzene rings is 1. The number of halogens is 3. The van der Waals surface area contributed by atoms with E-state index in [-0.39, 0.29) is 11.9 Å². The lowest BCUT2D eigenvalue weighted by Gasteiger charge is -2.33. The molecule has 0 unspecified atom stereocenters. The molecular formula is C18H25F3N3O+. The molecule has 0 aromatic heterocycles. The van der Waals surface area contributed by atoms with Gasteiger partial charge in [-0.3, -0.25) is 4.79 Å². The molecule has 4 nitrogen and oxygen atoms in total. The monoisotopic (exact) mass is 356 g/mol. The molecule has 25 heavy (non-hydrogen) atoms. The lowest BCUT2D eigenvalue weighted by atomic mass is 10.1. The van der Waals surface area contributed by atoms with Gasteiger partial charge in [0.1, 0.15) is 0 Å². The standard InChI is InChI=1S/C18H24F3N3O/c1-13(14-5-6-14)22-17(25)12-23-7-9-24(10-8-23)16-4-2-3-15(11-16)18(19,20)21/h2-4,11,13-14H,5-10,12H2,1H3,(H,22,25)/p+1/t13-/m0/s1. The van der Waals surface area contributed by atoms with Crippen molar-refractivity contribution in [3.63, 3.8) is 0 Å². The van der Waals surface area contributed by atoms with E-state index in [4.69, 9.17) is 0 Å². The summed E-state index contributed by atoms with van der Waals surface area (Å²) in [5, 5.41) is 3.06. The molecule has 2 N–H and O–H groups in total. The molecule has 1 saturated carbocycles. The summed E-state index contributed by atoms with van der Waals surface area (Å²) < 4.78 is 38.5. The molecule has 1 heterocycles. The van der Waals surface area contributed by atoms with Crippen molar-refractivity contribution >= 4 is 11.6 Å². The Hall–Kier alpha value is -1.76. The van der Waals surface area contributed by atoms with Crippen molar-refractivity contribution in [1.82, 2.24) is 5.32 Å². The number of anilines is 1. The fourth-order valence-electron chi connectivity index (χ4n) is 3.38. The summed E-state index contributed by atoms with van der Waals surface area (Å²) in [6.45, 7) is 5.30. The summed E-state index contributed by atoms with van der Waals surface area (Å²) >= 11 is 0. The van der Waals surface area contributed by atoms with E-state index >= 15 is 0 Å². The molecule has 0 spiro atoms. The summed E-state index contributed by atoms with van der Waals surface area (Å²) in [5.41, 5.74) is -0.0195. The highest BCUT2D eigenvalue weighted by atomic mass is 19.4. The van der Waals surface area contributed by atoms with Gasteiger partial charge in [0, 0.05) is 11.7 Å². The number of amides is 1. The number of piperazine rings is 1. The highest BCUT2D eigenvalue weighted by molar-refractivity contribution is 5.77. The van der Waals surface area contributed by atoms with Gasteiger partial charge in [-0.05, 0) is 43.9 Å². The normalized spacial score (nSPS) is 20.4. The smallest absolute Gasteiger partial charge is 0.360 e. The van der Waals surface area contributed by atoms with Gasteiger partial charge < -0.3 is 15.1 Å². The maximum absolute atomic E-state index is 12.8. The van der Waals surface area contributed by atoms with Crippen LogP contribution in [0.15, 0.2) is 24.3 Å². The zero-order valence-electron chi connectivity index (χ0n) is 14.4. The number of carbonyl (C=O) groups is 1. The predicted molar refractivity (Wildman–Crippen MR) is 89.5 cm³/mol. The molecule has 1 aliphatic heterocycles. The van der Waals surface area contributed by atoms with Gasteiger partial charge in [0.05, 0.1) is 31.7 Å². The van der Waals surface area contributed by atoms with Gasteiger partial charge in [0.2, 0.25) is 0 Å². The fourth-order valence-corrected chi connectivity index (χ4v) is 3.38. The van der Waals surface area contributed by atoms with Crippen LogP contribution in [0.4, 0.5) is 18.9 Å². The molecular weight excluding hydrogens is 331 g/mol. The fraction of sp³-hybridized carbons (Fsp3) is 0.611. The number of nitrogens with one attached hydrogen (secondary N) is 2. The summed E-state index contributed by atoms with van der Waals surface area (Å²) in [6.07, 6.45) is -1.92. The van der Waals surface area contributed by atoms with Crippen LogP contribution in [0.3, 0.4) is 0 Å². The molecule has 3 rings (SSSR count). The zero-order chi connectivity index (χ0) is 18.0. The maximum atomic E-state index is 12.8. The molecule has 2 fully saturated rings. The molecule has 1 saturated heterocycles. The van der Waals surface area contributed by atoms with E-state index in [0.29, 0.717) is 31.2 Å². The van der Waals surface area contributed by atoms with Gasteiger partial charge in [-0.1, -0.05) is 6.07 Å². The first kappa shape index (κ1) is 18.0. The summed E-state index contributed by atoms with van der Waals surface area (Å²) in [5.74, 6) is 0.707. The van der Waals surface area contributed by atoms with E-state index in [2.05, 4.69) is 12.2 Å².